The highest BCUT2D eigenvalue weighted by Crippen LogP contribution is 2.12. The number of hydrogen-bond donors (Lipinski definition) is 2. The maximum atomic E-state index is 11.7. The van der Waals surface area contributed by atoms with Gasteiger partial charge in [-0.05, 0) is 17.7 Å². The van der Waals surface area contributed by atoms with Crippen molar-refractivity contribution in [1.29, 1.82) is 0 Å². The van der Waals surface area contributed by atoms with Crippen LogP contribution in [0, 0.1) is 5.92 Å². The van der Waals surface area contributed by atoms with Crippen LogP contribution in [0.4, 0.5) is 5.95 Å². The van der Waals surface area contributed by atoms with Gasteiger partial charge in [-0.1, -0.05) is 35.0 Å². The van der Waals surface area contributed by atoms with Gasteiger partial charge in [0.25, 0.3) is 0 Å². The van der Waals surface area contributed by atoms with Gasteiger partial charge in [0.05, 0.1) is 6.54 Å². The van der Waals surface area contributed by atoms with Crippen LogP contribution >= 0.6 is 28.3 Å². The molecule has 1 aromatic carbocycles. The van der Waals surface area contributed by atoms with E-state index in [0.29, 0.717) is 19.0 Å². The third-order valence-electron chi connectivity index (χ3n) is 2.81. The Morgan fingerprint density at radius 1 is 1.52 bits per heavy atom. The number of nitrogens with one attached hydrogen (secondary N) is 1. The summed E-state index contributed by atoms with van der Waals surface area (Å²) in [5, 5.41) is 6.85. The van der Waals surface area contributed by atoms with E-state index >= 15 is 0 Å². The van der Waals surface area contributed by atoms with Gasteiger partial charge in [0.15, 0.2) is 0 Å². The molecule has 0 saturated heterocycles. The lowest BCUT2D eigenvalue weighted by atomic mass is 10.2. The van der Waals surface area contributed by atoms with E-state index in [2.05, 4.69) is 31.3 Å². The summed E-state index contributed by atoms with van der Waals surface area (Å²) in [6, 6.07) is 7.93. The summed E-state index contributed by atoms with van der Waals surface area (Å²) in [5.41, 5.74) is 6.53. The Balaban J connectivity index is 0.00000220. The van der Waals surface area contributed by atoms with Crippen LogP contribution in [0.5, 0.6) is 0 Å². The topological polar surface area (TPSA) is 85.8 Å². The van der Waals surface area contributed by atoms with Crippen molar-refractivity contribution in [1.82, 2.24) is 14.8 Å². The molecule has 114 valence electrons. The molecule has 8 heteroatoms. The molecule has 0 fully saturated rings. The standard InChI is InChI=1S/C13H16BrN5O.ClH/c1-9(6-15)12(20)17-13-16-8-19(18-13)7-10-3-2-4-11(14)5-10;/h2-5,8-9H,6-7,15H2,1H3,(H,17,18,20);1H. The predicted molar refractivity (Wildman–Crippen MR) is 87.4 cm³/mol. The second-order valence-electron chi connectivity index (χ2n) is 4.52. The Labute approximate surface area is 137 Å². The van der Waals surface area contributed by atoms with Gasteiger partial charge in [-0.25, -0.2) is 9.67 Å². The maximum absolute atomic E-state index is 11.7. The van der Waals surface area contributed by atoms with Crippen molar-refractivity contribution in [2.45, 2.75) is 13.5 Å². The van der Waals surface area contributed by atoms with Crippen LogP contribution in [0.3, 0.4) is 0 Å². The van der Waals surface area contributed by atoms with Gasteiger partial charge in [-0.15, -0.1) is 17.5 Å². The van der Waals surface area contributed by atoms with Crippen molar-refractivity contribution in [2.24, 2.45) is 11.7 Å². The first kappa shape index (κ1) is 17.6. The zero-order chi connectivity index (χ0) is 14.5. The lowest BCUT2D eigenvalue weighted by Gasteiger charge is -2.06. The molecule has 0 bridgehead atoms. The average Bonchev–Trinajstić information content (AvgIpc) is 2.85. The molecule has 1 unspecified atom stereocenters. The first-order valence-electron chi connectivity index (χ1n) is 6.23. The van der Waals surface area contributed by atoms with Crippen LogP contribution in [0.1, 0.15) is 12.5 Å². The van der Waals surface area contributed by atoms with Crippen molar-refractivity contribution in [3.63, 3.8) is 0 Å². The third-order valence-corrected chi connectivity index (χ3v) is 3.30. The van der Waals surface area contributed by atoms with E-state index in [0.717, 1.165) is 10.0 Å². The largest absolute Gasteiger partial charge is 0.330 e. The number of carbonyl (C=O) groups is 1. The lowest BCUT2D eigenvalue weighted by Crippen LogP contribution is -2.27. The lowest BCUT2D eigenvalue weighted by molar-refractivity contribution is -0.119. The fraction of sp³-hybridized carbons (Fsp3) is 0.308. The van der Waals surface area contributed by atoms with Crippen LogP contribution < -0.4 is 11.1 Å². The van der Waals surface area contributed by atoms with Gasteiger partial charge in [-0.3, -0.25) is 10.1 Å². The smallest absolute Gasteiger partial charge is 0.248 e. The average molecular weight is 375 g/mol. The van der Waals surface area contributed by atoms with E-state index in [-0.39, 0.29) is 24.2 Å². The normalized spacial score (nSPS) is 11.6. The summed E-state index contributed by atoms with van der Waals surface area (Å²) in [6.07, 6.45) is 1.59. The molecule has 0 aliphatic rings. The van der Waals surface area contributed by atoms with Crippen molar-refractivity contribution >= 4 is 40.2 Å². The highest BCUT2D eigenvalue weighted by molar-refractivity contribution is 9.10. The maximum Gasteiger partial charge on any atom is 0.248 e. The number of amides is 1. The van der Waals surface area contributed by atoms with E-state index in [9.17, 15) is 4.79 Å². The molecule has 2 aromatic rings. The summed E-state index contributed by atoms with van der Waals surface area (Å²) in [6.45, 7) is 2.65. The number of rotatable bonds is 5. The molecule has 3 N–H and O–H groups in total. The molecule has 1 atom stereocenters. The van der Waals surface area contributed by atoms with Gasteiger partial charge in [0, 0.05) is 16.9 Å². The van der Waals surface area contributed by atoms with Crippen LogP contribution in [0.25, 0.3) is 0 Å². The van der Waals surface area contributed by atoms with E-state index in [1.807, 2.05) is 24.3 Å². The molecular weight excluding hydrogens is 358 g/mol. The molecule has 0 radical (unpaired) electrons. The summed E-state index contributed by atoms with van der Waals surface area (Å²) in [4.78, 5) is 15.7. The van der Waals surface area contributed by atoms with Gasteiger partial charge in [0.1, 0.15) is 6.33 Å². The quantitative estimate of drug-likeness (QED) is 0.838. The Morgan fingerprint density at radius 2 is 2.29 bits per heavy atom. The molecule has 0 spiro atoms. The minimum absolute atomic E-state index is 0. The van der Waals surface area contributed by atoms with Crippen molar-refractivity contribution in [3.8, 4) is 0 Å². The van der Waals surface area contributed by atoms with Gasteiger partial charge >= 0.3 is 0 Å². The Bertz CT molecular complexity index is 604. The molecule has 2 rings (SSSR count). The molecule has 1 heterocycles. The summed E-state index contributed by atoms with van der Waals surface area (Å²) in [5.74, 6) is -0.134. The second-order valence-corrected chi connectivity index (χ2v) is 5.44. The zero-order valence-electron chi connectivity index (χ0n) is 11.5. The minimum atomic E-state index is -0.257. The van der Waals surface area contributed by atoms with Gasteiger partial charge in [-0.2, -0.15) is 0 Å². The molecular formula is C13H17BrClN5O. The number of benzene rings is 1. The molecule has 0 aliphatic heterocycles. The van der Waals surface area contributed by atoms with Crippen LogP contribution in [-0.4, -0.2) is 27.2 Å². The van der Waals surface area contributed by atoms with E-state index in [4.69, 9.17) is 5.73 Å². The minimum Gasteiger partial charge on any atom is -0.330 e. The molecule has 0 aliphatic carbocycles. The van der Waals surface area contributed by atoms with Crippen LogP contribution in [0.2, 0.25) is 0 Å². The van der Waals surface area contributed by atoms with Gasteiger partial charge in [0.2, 0.25) is 11.9 Å². The third kappa shape index (κ3) is 5.11. The summed E-state index contributed by atoms with van der Waals surface area (Å²) >= 11 is 3.42. The molecule has 6 nitrogen and oxygen atoms in total. The number of aromatic nitrogens is 3. The Morgan fingerprint density at radius 3 is 2.95 bits per heavy atom. The number of halogens is 2. The van der Waals surface area contributed by atoms with Gasteiger partial charge < -0.3 is 5.73 Å². The number of nitrogens with two attached hydrogens (primary N) is 1. The zero-order valence-corrected chi connectivity index (χ0v) is 13.9. The predicted octanol–water partition coefficient (Wildman–Crippen LogP) is 2.04. The number of hydrogen-bond acceptors (Lipinski definition) is 4. The molecule has 21 heavy (non-hydrogen) atoms. The van der Waals surface area contributed by atoms with Crippen LogP contribution in [-0.2, 0) is 11.3 Å². The Hall–Kier alpha value is -1.44. The van der Waals surface area contributed by atoms with E-state index in [1.54, 1.807) is 17.9 Å². The number of carbonyl (C=O) groups excluding carboxylic acids is 1. The van der Waals surface area contributed by atoms with E-state index < -0.39 is 0 Å². The summed E-state index contributed by atoms with van der Waals surface area (Å²) in [7, 11) is 0. The number of nitrogens with zero attached hydrogens (tertiary/aromatic N) is 3. The van der Waals surface area contributed by atoms with Crippen LogP contribution in [0.15, 0.2) is 35.1 Å². The fourth-order valence-corrected chi connectivity index (χ4v) is 2.04. The van der Waals surface area contributed by atoms with E-state index in [1.165, 1.54) is 0 Å². The van der Waals surface area contributed by atoms with Crippen molar-refractivity contribution in [3.05, 3.63) is 40.6 Å². The van der Waals surface area contributed by atoms with Crippen molar-refractivity contribution < 1.29 is 4.79 Å². The molecule has 1 amide bonds. The Kier molecular flexibility index (Phi) is 6.80. The first-order valence-corrected chi connectivity index (χ1v) is 7.02. The fourth-order valence-electron chi connectivity index (χ4n) is 1.59. The highest BCUT2D eigenvalue weighted by Gasteiger charge is 2.13. The van der Waals surface area contributed by atoms with Crippen molar-refractivity contribution in [2.75, 3.05) is 11.9 Å². The number of anilines is 1. The molecule has 0 saturated carbocycles. The summed E-state index contributed by atoms with van der Waals surface area (Å²) < 4.78 is 2.69. The first-order chi connectivity index (χ1) is 9.58. The monoisotopic (exact) mass is 373 g/mol. The second kappa shape index (κ2) is 8.11. The molecule has 1 aromatic heterocycles. The highest BCUT2D eigenvalue weighted by atomic mass is 79.9. The SMILES string of the molecule is CC(CN)C(=O)Nc1ncn(Cc2cccc(Br)c2)n1.Cl.